The van der Waals surface area contributed by atoms with Crippen molar-refractivity contribution in [2.45, 2.75) is 38.0 Å². The molecule has 2 fully saturated rings. The summed E-state index contributed by atoms with van der Waals surface area (Å²) in [4.78, 5) is 40.7. The highest BCUT2D eigenvalue weighted by atomic mass is 19.4. The van der Waals surface area contributed by atoms with Crippen molar-refractivity contribution in [1.82, 2.24) is 9.97 Å². The maximum atomic E-state index is 12.5. The fraction of sp³-hybridized carbons (Fsp3) is 0.304. The first-order valence-electron chi connectivity index (χ1n) is 10.8. The number of rotatable bonds is 6. The summed E-state index contributed by atoms with van der Waals surface area (Å²) >= 11 is 0. The molecule has 0 radical (unpaired) electrons. The number of para-hydroxylation sites is 2. The summed E-state index contributed by atoms with van der Waals surface area (Å²) in [5, 5.41) is 13.7. The quantitative estimate of drug-likeness (QED) is 0.407. The number of fused-ring (bicyclic) bond motifs is 1. The van der Waals surface area contributed by atoms with Crippen molar-refractivity contribution in [2.75, 3.05) is 10.6 Å². The van der Waals surface area contributed by atoms with Crippen LogP contribution in [0.15, 0.2) is 47.4 Å². The van der Waals surface area contributed by atoms with Gasteiger partial charge in [0.2, 0.25) is 5.91 Å². The largest absolute Gasteiger partial charge is 0.490 e. The molecule has 1 amide bonds. The lowest BCUT2D eigenvalue weighted by Crippen LogP contribution is -2.21. The number of nitrogens with zero attached hydrogens (tertiary/aromatic N) is 1. The van der Waals surface area contributed by atoms with Crippen LogP contribution >= 0.6 is 0 Å². The van der Waals surface area contributed by atoms with Crippen LogP contribution in [0, 0.1) is 5.92 Å². The first-order chi connectivity index (χ1) is 16.6. The number of H-pyrrole nitrogens is 1. The van der Waals surface area contributed by atoms with E-state index in [-0.39, 0.29) is 23.5 Å². The molecule has 2 heterocycles. The number of halogens is 3. The molecule has 3 aromatic rings. The Morgan fingerprint density at radius 3 is 2.40 bits per heavy atom. The van der Waals surface area contributed by atoms with E-state index >= 15 is 0 Å². The summed E-state index contributed by atoms with van der Waals surface area (Å²) in [5.41, 5.74) is 1.61. The van der Waals surface area contributed by atoms with Gasteiger partial charge < -0.3 is 25.5 Å². The molecule has 0 unspecified atom stereocenters. The van der Waals surface area contributed by atoms with E-state index in [1.54, 1.807) is 18.3 Å². The molecule has 0 atom stereocenters. The van der Waals surface area contributed by atoms with Gasteiger partial charge in [-0.25, -0.2) is 9.78 Å². The molecule has 0 bridgehead atoms. The minimum Gasteiger partial charge on any atom is -0.488 e. The standard InChI is InChI=1S/C21H20N4O3.C2HF3O2/c26-20(12-5-6-12)25-18-11-16(19-15(24-18)9-10-22-21(19)27)23-14-3-1-2-4-17(14)28-13-7-8-13;3-2(4,5)1(6)7/h1-4,9-13H,5-8H2,(H,22,27)(H2,23,24,25,26);(H,6,7). The molecule has 1 aromatic carbocycles. The van der Waals surface area contributed by atoms with Crippen molar-refractivity contribution in [1.29, 1.82) is 0 Å². The van der Waals surface area contributed by atoms with Crippen LogP contribution in [0.3, 0.4) is 0 Å². The topological polar surface area (TPSA) is 133 Å². The lowest BCUT2D eigenvalue weighted by molar-refractivity contribution is -0.192. The number of alkyl halides is 3. The van der Waals surface area contributed by atoms with Gasteiger partial charge in [-0.2, -0.15) is 13.2 Å². The number of hydrogen-bond donors (Lipinski definition) is 4. The Morgan fingerprint density at radius 2 is 1.77 bits per heavy atom. The molecule has 2 aromatic heterocycles. The van der Waals surface area contributed by atoms with Gasteiger partial charge in [-0.05, 0) is 43.9 Å². The zero-order valence-corrected chi connectivity index (χ0v) is 18.2. The highest BCUT2D eigenvalue weighted by Gasteiger charge is 2.38. The van der Waals surface area contributed by atoms with Crippen LogP contribution in [0.1, 0.15) is 25.7 Å². The van der Waals surface area contributed by atoms with Gasteiger partial charge in [-0.3, -0.25) is 9.59 Å². The maximum absolute atomic E-state index is 12.5. The monoisotopic (exact) mass is 490 g/mol. The van der Waals surface area contributed by atoms with E-state index in [1.165, 1.54) is 0 Å². The Bertz CT molecular complexity index is 1320. The first-order valence-corrected chi connectivity index (χ1v) is 10.8. The summed E-state index contributed by atoms with van der Waals surface area (Å²) in [6.07, 6.45) is 0.672. The number of aliphatic carboxylic acids is 1. The van der Waals surface area contributed by atoms with Crippen molar-refractivity contribution < 1.29 is 32.6 Å². The van der Waals surface area contributed by atoms with E-state index < -0.39 is 12.1 Å². The van der Waals surface area contributed by atoms with Crippen molar-refractivity contribution in [3.8, 4) is 5.75 Å². The number of aromatic amines is 1. The van der Waals surface area contributed by atoms with Crippen LogP contribution in [0.25, 0.3) is 10.9 Å². The second-order valence-corrected chi connectivity index (χ2v) is 8.13. The normalized spacial score (nSPS) is 15.1. The van der Waals surface area contributed by atoms with Crippen molar-refractivity contribution in [2.24, 2.45) is 5.92 Å². The van der Waals surface area contributed by atoms with E-state index in [4.69, 9.17) is 14.6 Å². The van der Waals surface area contributed by atoms with Gasteiger partial charge in [0.15, 0.2) is 0 Å². The summed E-state index contributed by atoms with van der Waals surface area (Å²) in [6, 6.07) is 11.1. The SMILES string of the molecule is O=C(Nc1cc(Nc2ccccc2OC2CC2)c2c(=O)[nH]ccc2n1)C1CC1.O=C(O)C(F)(F)F. The third-order valence-corrected chi connectivity index (χ3v) is 5.15. The highest BCUT2D eigenvalue weighted by molar-refractivity contribution is 5.98. The lowest BCUT2D eigenvalue weighted by atomic mass is 10.2. The van der Waals surface area contributed by atoms with E-state index in [1.807, 2.05) is 24.3 Å². The third-order valence-electron chi connectivity index (χ3n) is 5.15. The number of aromatic nitrogens is 2. The number of pyridine rings is 2. The Morgan fingerprint density at radius 1 is 1.09 bits per heavy atom. The number of hydrogen-bond acceptors (Lipinski definition) is 6. The molecule has 2 aliphatic carbocycles. The summed E-state index contributed by atoms with van der Waals surface area (Å²) in [7, 11) is 0. The molecule has 9 nitrogen and oxygen atoms in total. The molecule has 4 N–H and O–H groups in total. The number of carbonyl (C=O) groups is 2. The fourth-order valence-corrected chi connectivity index (χ4v) is 3.11. The molecule has 2 aliphatic rings. The van der Waals surface area contributed by atoms with Crippen LogP contribution in [-0.2, 0) is 9.59 Å². The minimum atomic E-state index is -5.08. The fourth-order valence-electron chi connectivity index (χ4n) is 3.11. The molecule has 0 spiro atoms. The number of carboxylic acids is 1. The predicted molar refractivity (Wildman–Crippen MR) is 121 cm³/mol. The molecular formula is C23H21F3N4O5. The Kier molecular flexibility index (Phi) is 6.63. The van der Waals surface area contributed by atoms with Gasteiger partial charge in [0.05, 0.1) is 28.4 Å². The first kappa shape index (κ1) is 24.0. The van der Waals surface area contributed by atoms with E-state index in [0.717, 1.165) is 37.1 Å². The Hall–Kier alpha value is -4.09. The zero-order chi connectivity index (χ0) is 25.2. The highest BCUT2D eigenvalue weighted by Crippen LogP contribution is 2.35. The Balaban J connectivity index is 0.000000364. The van der Waals surface area contributed by atoms with Gasteiger partial charge >= 0.3 is 12.1 Å². The minimum absolute atomic E-state index is 0.0277. The predicted octanol–water partition coefficient (Wildman–Crippen LogP) is 4.19. The van der Waals surface area contributed by atoms with Gasteiger partial charge in [0, 0.05) is 18.2 Å². The van der Waals surface area contributed by atoms with Crippen LogP contribution in [0.4, 0.5) is 30.4 Å². The third kappa shape index (κ3) is 6.28. The second-order valence-electron chi connectivity index (χ2n) is 8.13. The number of anilines is 3. The van der Waals surface area contributed by atoms with Gasteiger partial charge in [0.1, 0.15) is 11.6 Å². The number of amides is 1. The molecule has 2 saturated carbocycles. The van der Waals surface area contributed by atoms with E-state index in [2.05, 4.69) is 20.6 Å². The van der Waals surface area contributed by atoms with Gasteiger partial charge in [-0.15, -0.1) is 0 Å². The number of benzene rings is 1. The molecule has 0 aliphatic heterocycles. The van der Waals surface area contributed by atoms with Crippen molar-refractivity contribution >= 4 is 40.0 Å². The van der Waals surface area contributed by atoms with E-state index in [9.17, 15) is 22.8 Å². The Labute approximate surface area is 196 Å². The number of carbonyl (C=O) groups excluding carboxylic acids is 1. The van der Waals surface area contributed by atoms with Crippen LogP contribution in [0.5, 0.6) is 5.75 Å². The lowest BCUT2D eigenvalue weighted by Gasteiger charge is -2.15. The summed E-state index contributed by atoms with van der Waals surface area (Å²) in [5.74, 6) is -1.54. The summed E-state index contributed by atoms with van der Waals surface area (Å²) < 4.78 is 37.7. The average Bonchev–Trinajstić information content (AvgIpc) is 3.69. The van der Waals surface area contributed by atoms with Crippen LogP contribution in [-0.4, -0.2) is 39.2 Å². The second kappa shape index (κ2) is 9.65. The van der Waals surface area contributed by atoms with Crippen molar-refractivity contribution in [3.63, 3.8) is 0 Å². The van der Waals surface area contributed by atoms with E-state index in [0.29, 0.717) is 22.4 Å². The maximum Gasteiger partial charge on any atom is 0.490 e. The van der Waals surface area contributed by atoms with Gasteiger partial charge in [-0.1, -0.05) is 12.1 Å². The summed E-state index contributed by atoms with van der Waals surface area (Å²) in [6.45, 7) is 0. The zero-order valence-electron chi connectivity index (χ0n) is 18.2. The molecule has 0 saturated heterocycles. The number of carboxylic acid groups (broad SMARTS) is 1. The average molecular weight is 490 g/mol. The van der Waals surface area contributed by atoms with Gasteiger partial charge in [0.25, 0.3) is 5.56 Å². The molecular weight excluding hydrogens is 469 g/mol. The molecule has 5 rings (SSSR count). The number of nitrogens with one attached hydrogen (secondary N) is 3. The van der Waals surface area contributed by atoms with Crippen molar-refractivity contribution in [3.05, 3.63) is 52.9 Å². The molecule has 184 valence electrons. The van der Waals surface area contributed by atoms with Crippen LogP contribution in [0.2, 0.25) is 0 Å². The molecule has 35 heavy (non-hydrogen) atoms. The molecule has 12 heteroatoms. The van der Waals surface area contributed by atoms with Crippen LogP contribution < -0.4 is 20.9 Å². The smallest absolute Gasteiger partial charge is 0.488 e. The number of ether oxygens (including phenoxy) is 1.